The molecule has 0 saturated carbocycles. The molecule has 1 unspecified atom stereocenters. The Kier molecular flexibility index (Phi) is 4.53. The zero-order valence-electron chi connectivity index (χ0n) is 12.2. The molecule has 0 bridgehead atoms. The van der Waals surface area contributed by atoms with Crippen molar-refractivity contribution < 1.29 is 18.3 Å². The molecular formula is C17H18FNO3. The van der Waals surface area contributed by atoms with Crippen LogP contribution in [0.1, 0.15) is 29.0 Å². The van der Waals surface area contributed by atoms with Crippen LogP contribution in [-0.2, 0) is 11.3 Å². The molecule has 1 aromatic heterocycles. The number of halogens is 1. The third-order valence-electron chi connectivity index (χ3n) is 3.77. The average Bonchev–Trinajstić information content (AvgIpc) is 3.20. The fourth-order valence-corrected chi connectivity index (χ4v) is 2.65. The zero-order valence-corrected chi connectivity index (χ0v) is 12.2. The molecule has 0 N–H and O–H groups in total. The maximum absolute atomic E-state index is 13.9. The summed E-state index contributed by atoms with van der Waals surface area (Å²) in [5, 5.41) is 0. The molecule has 1 aliphatic rings. The summed E-state index contributed by atoms with van der Waals surface area (Å²) >= 11 is 0. The van der Waals surface area contributed by atoms with Gasteiger partial charge in [-0.15, -0.1) is 0 Å². The summed E-state index contributed by atoms with van der Waals surface area (Å²) in [5.74, 6) is -0.183. The predicted octanol–water partition coefficient (Wildman–Crippen LogP) is 3.24. The lowest BCUT2D eigenvalue weighted by molar-refractivity contribution is 0.0488. The monoisotopic (exact) mass is 303 g/mol. The quantitative estimate of drug-likeness (QED) is 0.851. The maximum atomic E-state index is 13.9. The van der Waals surface area contributed by atoms with Crippen molar-refractivity contribution in [1.82, 2.24) is 4.90 Å². The van der Waals surface area contributed by atoms with Crippen LogP contribution in [-0.4, -0.2) is 30.1 Å². The third-order valence-corrected chi connectivity index (χ3v) is 3.77. The van der Waals surface area contributed by atoms with Gasteiger partial charge in [0.25, 0.3) is 5.91 Å². The van der Waals surface area contributed by atoms with E-state index in [9.17, 15) is 9.18 Å². The number of nitrogens with zero attached hydrogens (tertiary/aromatic N) is 1. The van der Waals surface area contributed by atoms with E-state index in [2.05, 4.69) is 0 Å². The standard InChI is InChI=1S/C17H18FNO3/c18-16-8-2-1-7-15(16)17(20)19(11-13-5-3-9-21-13)12-14-6-4-10-22-14/h1-3,5,7-9,14H,4,6,10-12H2. The average molecular weight is 303 g/mol. The van der Waals surface area contributed by atoms with Crippen molar-refractivity contribution in [3.63, 3.8) is 0 Å². The van der Waals surface area contributed by atoms with E-state index in [-0.39, 0.29) is 17.6 Å². The molecule has 1 aromatic carbocycles. The minimum Gasteiger partial charge on any atom is -0.467 e. The molecule has 1 saturated heterocycles. The Balaban J connectivity index is 1.80. The number of furan rings is 1. The number of hydrogen-bond donors (Lipinski definition) is 0. The molecule has 0 aliphatic carbocycles. The summed E-state index contributed by atoms with van der Waals surface area (Å²) in [7, 11) is 0. The van der Waals surface area contributed by atoms with Crippen LogP contribution < -0.4 is 0 Å². The predicted molar refractivity (Wildman–Crippen MR) is 78.8 cm³/mol. The topological polar surface area (TPSA) is 42.7 Å². The molecule has 1 atom stereocenters. The Morgan fingerprint density at radius 2 is 2.14 bits per heavy atom. The van der Waals surface area contributed by atoms with E-state index in [1.54, 1.807) is 35.4 Å². The van der Waals surface area contributed by atoms with Gasteiger partial charge in [0.15, 0.2) is 0 Å². The molecule has 5 heteroatoms. The molecular weight excluding hydrogens is 285 g/mol. The SMILES string of the molecule is O=C(c1ccccc1F)N(Cc1ccco1)CC1CCCO1. The second-order valence-corrected chi connectivity index (χ2v) is 5.38. The van der Waals surface area contributed by atoms with Gasteiger partial charge in [0, 0.05) is 13.2 Å². The van der Waals surface area contributed by atoms with Crippen LogP contribution >= 0.6 is 0 Å². The van der Waals surface area contributed by atoms with Crippen molar-refractivity contribution in [1.29, 1.82) is 0 Å². The van der Waals surface area contributed by atoms with Crippen LogP contribution in [0.15, 0.2) is 47.1 Å². The number of benzene rings is 1. The summed E-state index contributed by atoms with van der Waals surface area (Å²) in [6.07, 6.45) is 3.48. The molecule has 22 heavy (non-hydrogen) atoms. The number of carbonyl (C=O) groups is 1. The summed E-state index contributed by atoms with van der Waals surface area (Å²) < 4.78 is 24.8. The zero-order chi connectivity index (χ0) is 15.4. The van der Waals surface area contributed by atoms with E-state index in [0.29, 0.717) is 25.5 Å². The molecule has 0 radical (unpaired) electrons. The molecule has 0 spiro atoms. The van der Waals surface area contributed by atoms with Crippen molar-refractivity contribution in [2.24, 2.45) is 0 Å². The lowest BCUT2D eigenvalue weighted by atomic mass is 10.1. The second-order valence-electron chi connectivity index (χ2n) is 5.38. The highest BCUT2D eigenvalue weighted by Gasteiger charge is 2.25. The first-order valence-electron chi connectivity index (χ1n) is 7.42. The Morgan fingerprint density at radius 3 is 2.82 bits per heavy atom. The van der Waals surface area contributed by atoms with Gasteiger partial charge < -0.3 is 14.1 Å². The fourth-order valence-electron chi connectivity index (χ4n) is 2.65. The Hall–Kier alpha value is -2.14. The van der Waals surface area contributed by atoms with E-state index in [1.807, 2.05) is 0 Å². The molecule has 4 nitrogen and oxygen atoms in total. The lowest BCUT2D eigenvalue weighted by Gasteiger charge is -2.25. The molecule has 2 heterocycles. The third kappa shape index (κ3) is 3.36. The van der Waals surface area contributed by atoms with Crippen molar-refractivity contribution in [3.05, 3.63) is 59.8 Å². The molecule has 3 rings (SSSR count). The molecule has 1 amide bonds. The Morgan fingerprint density at radius 1 is 1.27 bits per heavy atom. The van der Waals surface area contributed by atoms with Gasteiger partial charge in [-0.25, -0.2) is 4.39 Å². The molecule has 2 aromatic rings. The highest BCUT2D eigenvalue weighted by atomic mass is 19.1. The van der Waals surface area contributed by atoms with Gasteiger partial charge in [0.1, 0.15) is 11.6 Å². The van der Waals surface area contributed by atoms with E-state index in [0.717, 1.165) is 12.8 Å². The Labute approximate surface area is 128 Å². The largest absolute Gasteiger partial charge is 0.467 e. The first kappa shape index (κ1) is 14.8. The van der Waals surface area contributed by atoms with Gasteiger partial charge in [-0.3, -0.25) is 4.79 Å². The van der Waals surface area contributed by atoms with Crippen molar-refractivity contribution in [3.8, 4) is 0 Å². The first-order valence-corrected chi connectivity index (χ1v) is 7.42. The van der Waals surface area contributed by atoms with E-state index in [4.69, 9.17) is 9.15 Å². The summed E-state index contributed by atoms with van der Waals surface area (Å²) in [6, 6.07) is 9.60. The number of hydrogen-bond acceptors (Lipinski definition) is 3. The van der Waals surface area contributed by atoms with Crippen LogP contribution in [0.5, 0.6) is 0 Å². The van der Waals surface area contributed by atoms with Gasteiger partial charge >= 0.3 is 0 Å². The Bertz CT molecular complexity index is 621. The summed E-state index contributed by atoms with van der Waals surface area (Å²) in [5.41, 5.74) is 0.0760. The molecule has 116 valence electrons. The van der Waals surface area contributed by atoms with Crippen LogP contribution in [0.3, 0.4) is 0 Å². The minimum atomic E-state index is -0.510. The second kappa shape index (κ2) is 6.75. The highest BCUT2D eigenvalue weighted by molar-refractivity contribution is 5.94. The van der Waals surface area contributed by atoms with Crippen LogP contribution in [0, 0.1) is 5.82 Å². The van der Waals surface area contributed by atoms with Crippen molar-refractivity contribution in [2.75, 3.05) is 13.2 Å². The number of carbonyl (C=O) groups excluding carboxylic acids is 1. The van der Waals surface area contributed by atoms with Crippen LogP contribution in [0.4, 0.5) is 4.39 Å². The number of ether oxygens (including phenoxy) is 1. The fraction of sp³-hybridized carbons (Fsp3) is 0.353. The van der Waals surface area contributed by atoms with Gasteiger partial charge in [-0.2, -0.15) is 0 Å². The van der Waals surface area contributed by atoms with E-state index >= 15 is 0 Å². The maximum Gasteiger partial charge on any atom is 0.257 e. The van der Waals surface area contributed by atoms with Crippen molar-refractivity contribution in [2.45, 2.75) is 25.5 Å². The van der Waals surface area contributed by atoms with Crippen molar-refractivity contribution >= 4 is 5.91 Å². The normalized spacial score (nSPS) is 17.6. The van der Waals surface area contributed by atoms with Crippen LogP contribution in [0.25, 0.3) is 0 Å². The van der Waals surface area contributed by atoms with Gasteiger partial charge in [-0.1, -0.05) is 12.1 Å². The highest BCUT2D eigenvalue weighted by Crippen LogP contribution is 2.18. The van der Waals surface area contributed by atoms with Gasteiger partial charge in [0.2, 0.25) is 0 Å². The number of rotatable bonds is 5. The summed E-state index contributed by atoms with van der Waals surface area (Å²) in [6.45, 7) is 1.46. The van der Waals surface area contributed by atoms with E-state index < -0.39 is 5.82 Å². The number of amides is 1. The van der Waals surface area contributed by atoms with Gasteiger partial charge in [0.05, 0.1) is 24.5 Å². The van der Waals surface area contributed by atoms with Crippen LogP contribution in [0.2, 0.25) is 0 Å². The lowest BCUT2D eigenvalue weighted by Crippen LogP contribution is -2.37. The smallest absolute Gasteiger partial charge is 0.257 e. The van der Waals surface area contributed by atoms with E-state index in [1.165, 1.54) is 12.1 Å². The minimum absolute atomic E-state index is 0.00526. The molecule has 1 fully saturated rings. The van der Waals surface area contributed by atoms with Gasteiger partial charge in [-0.05, 0) is 37.1 Å². The molecule has 1 aliphatic heterocycles. The first-order chi connectivity index (χ1) is 10.7. The summed E-state index contributed by atoms with van der Waals surface area (Å²) in [4.78, 5) is 14.3.